The minimum absolute atomic E-state index is 0.0998. The average Bonchev–Trinajstić information content (AvgIpc) is 2.98. The topological polar surface area (TPSA) is 55.8 Å². The zero-order valence-electron chi connectivity index (χ0n) is 13.5. The third kappa shape index (κ3) is 3.40. The molecule has 1 aliphatic rings. The molecule has 0 spiro atoms. The Bertz CT molecular complexity index is 729. The van der Waals surface area contributed by atoms with Gasteiger partial charge in [0, 0.05) is 13.0 Å². The molecule has 5 heteroatoms. The summed E-state index contributed by atoms with van der Waals surface area (Å²) in [4.78, 5) is 26.3. The van der Waals surface area contributed by atoms with Crippen LogP contribution in [0.15, 0.2) is 54.6 Å². The summed E-state index contributed by atoms with van der Waals surface area (Å²) in [5.74, 6) is 0.170. The molecule has 1 saturated heterocycles. The maximum absolute atomic E-state index is 12.4. The molecule has 0 saturated carbocycles. The molecule has 0 aliphatic carbocycles. The monoisotopic (exact) mass is 325 g/mol. The van der Waals surface area contributed by atoms with Gasteiger partial charge in [0.05, 0.1) is 18.2 Å². The molecule has 1 fully saturated rings. The van der Waals surface area contributed by atoms with Gasteiger partial charge in [0.2, 0.25) is 5.91 Å². The van der Waals surface area contributed by atoms with E-state index in [9.17, 15) is 9.59 Å². The van der Waals surface area contributed by atoms with Gasteiger partial charge in [-0.1, -0.05) is 30.3 Å². The standard InChI is InChI=1S/C19H19NO4/c1-2-23-17-11-7-6-10-16(17)20-13-14(12-18(20)21)19(22)24-15-8-4-3-5-9-15/h3-11,14H,2,12-13H2,1H3/t14-/m1/s1. The second-order valence-electron chi connectivity index (χ2n) is 5.54. The number of rotatable bonds is 5. The lowest BCUT2D eigenvalue weighted by Crippen LogP contribution is -2.27. The molecule has 1 heterocycles. The van der Waals surface area contributed by atoms with E-state index in [0.29, 0.717) is 30.3 Å². The first-order valence-corrected chi connectivity index (χ1v) is 7.98. The van der Waals surface area contributed by atoms with Gasteiger partial charge in [0.1, 0.15) is 11.5 Å². The van der Waals surface area contributed by atoms with Gasteiger partial charge in [-0.05, 0) is 31.2 Å². The van der Waals surface area contributed by atoms with E-state index in [0.717, 1.165) is 0 Å². The Morgan fingerprint density at radius 1 is 1.12 bits per heavy atom. The van der Waals surface area contributed by atoms with E-state index in [1.165, 1.54) is 0 Å². The lowest BCUT2D eigenvalue weighted by Gasteiger charge is -2.19. The molecule has 0 unspecified atom stereocenters. The molecule has 0 bridgehead atoms. The maximum Gasteiger partial charge on any atom is 0.316 e. The Hall–Kier alpha value is -2.82. The van der Waals surface area contributed by atoms with Crippen LogP contribution in [0.1, 0.15) is 13.3 Å². The van der Waals surface area contributed by atoms with E-state index in [1.54, 1.807) is 29.2 Å². The van der Waals surface area contributed by atoms with Gasteiger partial charge in [-0.25, -0.2) is 0 Å². The molecule has 5 nitrogen and oxygen atoms in total. The van der Waals surface area contributed by atoms with Gasteiger partial charge < -0.3 is 14.4 Å². The minimum atomic E-state index is -0.479. The number of ether oxygens (including phenoxy) is 2. The molecule has 0 N–H and O–H groups in total. The highest BCUT2D eigenvalue weighted by molar-refractivity contribution is 6.00. The van der Waals surface area contributed by atoms with Crippen molar-refractivity contribution in [3.05, 3.63) is 54.6 Å². The summed E-state index contributed by atoms with van der Waals surface area (Å²) in [5, 5.41) is 0. The Labute approximate surface area is 140 Å². The maximum atomic E-state index is 12.4. The highest BCUT2D eigenvalue weighted by Crippen LogP contribution is 2.33. The molecule has 0 aromatic heterocycles. The molecule has 2 aromatic carbocycles. The van der Waals surface area contributed by atoms with Crippen molar-refractivity contribution in [2.75, 3.05) is 18.1 Å². The van der Waals surface area contributed by atoms with Crippen LogP contribution in [0.3, 0.4) is 0 Å². The predicted octanol–water partition coefficient (Wildman–Crippen LogP) is 3.04. The predicted molar refractivity (Wildman–Crippen MR) is 90.1 cm³/mol. The number of esters is 1. The summed E-state index contributed by atoms with van der Waals surface area (Å²) < 4.78 is 10.9. The normalized spacial score (nSPS) is 17.0. The van der Waals surface area contributed by atoms with Gasteiger partial charge in [0.25, 0.3) is 0 Å². The van der Waals surface area contributed by atoms with Crippen LogP contribution in [0.25, 0.3) is 0 Å². The van der Waals surface area contributed by atoms with Crippen LogP contribution in [0.5, 0.6) is 11.5 Å². The van der Waals surface area contributed by atoms with Gasteiger partial charge in [-0.2, -0.15) is 0 Å². The first-order chi connectivity index (χ1) is 11.7. The molecule has 2 aromatic rings. The SMILES string of the molecule is CCOc1ccccc1N1C[C@H](C(=O)Oc2ccccc2)CC1=O. The van der Waals surface area contributed by atoms with E-state index in [-0.39, 0.29) is 18.3 Å². The van der Waals surface area contributed by atoms with Crippen molar-refractivity contribution in [3.8, 4) is 11.5 Å². The van der Waals surface area contributed by atoms with Crippen LogP contribution in [0.2, 0.25) is 0 Å². The van der Waals surface area contributed by atoms with Crippen molar-refractivity contribution in [2.45, 2.75) is 13.3 Å². The third-order valence-corrected chi connectivity index (χ3v) is 3.88. The van der Waals surface area contributed by atoms with E-state index in [1.807, 2.05) is 37.3 Å². The van der Waals surface area contributed by atoms with E-state index < -0.39 is 5.92 Å². The van der Waals surface area contributed by atoms with E-state index in [2.05, 4.69) is 0 Å². The average molecular weight is 325 g/mol. The largest absolute Gasteiger partial charge is 0.492 e. The smallest absolute Gasteiger partial charge is 0.316 e. The molecule has 124 valence electrons. The number of anilines is 1. The van der Waals surface area contributed by atoms with Gasteiger partial charge in [0.15, 0.2) is 0 Å². The second kappa shape index (κ2) is 7.17. The number of carbonyl (C=O) groups is 2. The fourth-order valence-corrected chi connectivity index (χ4v) is 2.74. The number of nitrogens with zero attached hydrogens (tertiary/aromatic N) is 1. The summed E-state index contributed by atoms with van der Waals surface area (Å²) in [7, 11) is 0. The summed E-state index contributed by atoms with van der Waals surface area (Å²) in [5.41, 5.74) is 0.694. The van der Waals surface area contributed by atoms with Gasteiger partial charge in [-0.15, -0.1) is 0 Å². The lowest BCUT2D eigenvalue weighted by atomic mass is 10.1. The zero-order chi connectivity index (χ0) is 16.9. The van der Waals surface area contributed by atoms with Crippen molar-refractivity contribution < 1.29 is 19.1 Å². The lowest BCUT2D eigenvalue weighted by molar-refractivity contribution is -0.139. The molecular formula is C19H19NO4. The number of carbonyl (C=O) groups excluding carboxylic acids is 2. The van der Waals surface area contributed by atoms with E-state index >= 15 is 0 Å². The third-order valence-electron chi connectivity index (χ3n) is 3.88. The molecule has 24 heavy (non-hydrogen) atoms. The highest BCUT2D eigenvalue weighted by Gasteiger charge is 2.37. The molecule has 3 rings (SSSR count). The van der Waals surface area contributed by atoms with Crippen LogP contribution >= 0.6 is 0 Å². The second-order valence-corrected chi connectivity index (χ2v) is 5.54. The Kier molecular flexibility index (Phi) is 4.79. The Morgan fingerprint density at radius 3 is 2.58 bits per heavy atom. The number of para-hydroxylation sites is 3. The van der Waals surface area contributed by atoms with Crippen LogP contribution < -0.4 is 14.4 Å². The van der Waals surface area contributed by atoms with Gasteiger partial charge in [-0.3, -0.25) is 9.59 Å². The summed E-state index contributed by atoms with van der Waals surface area (Å²) in [6.45, 7) is 2.70. The molecule has 1 aliphatic heterocycles. The Balaban J connectivity index is 1.73. The molecule has 1 amide bonds. The first kappa shape index (κ1) is 16.1. The van der Waals surface area contributed by atoms with Crippen molar-refractivity contribution >= 4 is 17.6 Å². The number of hydrogen-bond acceptors (Lipinski definition) is 4. The number of amides is 1. The zero-order valence-corrected chi connectivity index (χ0v) is 13.5. The van der Waals surface area contributed by atoms with Crippen molar-refractivity contribution in [3.63, 3.8) is 0 Å². The minimum Gasteiger partial charge on any atom is -0.492 e. The van der Waals surface area contributed by atoms with Crippen LogP contribution in [-0.2, 0) is 9.59 Å². The molecular weight excluding hydrogens is 306 g/mol. The summed E-state index contributed by atoms with van der Waals surface area (Å²) in [6, 6.07) is 16.2. The van der Waals surface area contributed by atoms with Crippen molar-refractivity contribution in [1.29, 1.82) is 0 Å². The van der Waals surface area contributed by atoms with E-state index in [4.69, 9.17) is 9.47 Å². The fraction of sp³-hybridized carbons (Fsp3) is 0.263. The van der Waals surface area contributed by atoms with Crippen LogP contribution in [0, 0.1) is 5.92 Å². The van der Waals surface area contributed by atoms with Crippen molar-refractivity contribution in [1.82, 2.24) is 0 Å². The van der Waals surface area contributed by atoms with Crippen LogP contribution in [0.4, 0.5) is 5.69 Å². The molecule has 0 radical (unpaired) electrons. The number of benzene rings is 2. The first-order valence-electron chi connectivity index (χ1n) is 7.98. The van der Waals surface area contributed by atoms with Crippen LogP contribution in [-0.4, -0.2) is 25.0 Å². The quantitative estimate of drug-likeness (QED) is 0.626. The molecule has 1 atom stereocenters. The number of hydrogen-bond donors (Lipinski definition) is 0. The summed E-state index contributed by atoms with van der Waals surface area (Å²) in [6.07, 6.45) is 0.145. The van der Waals surface area contributed by atoms with Crippen molar-refractivity contribution in [2.24, 2.45) is 5.92 Å². The highest BCUT2D eigenvalue weighted by atomic mass is 16.5. The summed E-state index contributed by atoms with van der Waals surface area (Å²) >= 11 is 0. The van der Waals surface area contributed by atoms with Gasteiger partial charge >= 0.3 is 5.97 Å². The fourth-order valence-electron chi connectivity index (χ4n) is 2.74. The Morgan fingerprint density at radius 2 is 1.83 bits per heavy atom.